The molecule has 0 bridgehead atoms. The van der Waals surface area contributed by atoms with Crippen molar-refractivity contribution in [3.8, 4) is 5.75 Å². The highest BCUT2D eigenvalue weighted by Crippen LogP contribution is 2.19. The first-order chi connectivity index (χ1) is 20.2. The van der Waals surface area contributed by atoms with Gasteiger partial charge in [-0.2, -0.15) is 0 Å². The average Bonchev–Trinajstić information content (AvgIpc) is 2.95. The van der Waals surface area contributed by atoms with E-state index in [4.69, 9.17) is 22.6 Å². The minimum absolute atomic E-state index is 0.0761. The predicted molar refractivity (Wildman–Crippen MR) is 121 cm³/mol. The number of piperidine rings is 1. The van der Waals surface area contributed by atoms with Crippen molar-refractivity contribution in [2.45, 2.75) is 45.8 Å². The summed E-state index contributed by atoms with van der Waals surface area (Å²) in [4.78, 5) is 16.0. The van der Waals surface area contributed by atoms with Crippen LogP contribution in [0.2, 0.25) is 0 Å². The van der Waals surface area contributed by atoms with Gasteiger partial charge < -0.3 is 19.9 Å². The number of nitrogens with one attached hydrogen (secondary N) is 1. The van der Waals surface area contributed by atoms with E-state index in [2.05, 4.69) is 5.32 Å². The van der Waals surface area contributed by atoms with Crippen molar-refractivity contribution in [2.24, 2.45) is 5.92 Å². The molecule has 0 radical (unpaired) electrons. The summed E-state index contributed by atoms with van der Waals surface area (Å²) in [5, 5.41) is 2.51. The topological polar surface area (TPSA) is 44.8 Å². The van der Waals surface area contributed by atoms with E-state index in [-0.39, 0.29) is 37.1 Å². The lowest BCUT2D eigenvalue weighted by molar-refractivity contribution is 0.127. The normalized spacial score (nSPS) is 22.0. The predicted octanol–water partition coefficient (Wildman–Crippen LogP) is 4.67. The molecule has 1 aliphatic heterocycles. The molecular formula is C25H34FN3O2. The summed E-state index contributed by atoms with van der Waals surface area (Å²) in [6.07, 6.45) is 0.334. The van der Waals surface area contributed by atoms with E-state index in [9.17, 15) is 9.18 Å². The summed E-state index contributed by atoms with van der Waals surface area (Å²) in [5.41, 5.74) is -0.492. The first kappa shape index (κ1) is 11.3. The molecule has 2 amide bonds. The Morgan fingerprint density at radius 2 is 1.87 bits per heavy atom. The second-order valence-corrected chi connectivity index (χ2v) is 7.48. The minimum Gasteiger partial charge on any atom is -0.493 e. The molecule has 0 saturated carbocycles. The van der Waals surface area contributed by atoms with Crippen molar-refractivity contribution in [3.05, 3.63) is 65.3 Å². The van der Waals surface area contributed by atoms with Crippen molar-refractivity contribution in [3.63, 3.8) is 0 Å². The van der Waals surface area contributed by atoms with Crippen LogP contribution < -0.4 is 10.1 Å². The SMILES string of the molecule is [2H]c1c([2H])c(CN(C(=O)NCc2c([2H])c([2H])c(OC([2H])([2H])C(C)C)c([2H])c2[2H])C2CCN(C([2H])([2H])[2H])CC2)c([2H])c([2H])c1F. The highest BCUT2D eigenvalue weighted by atomic mass is 19.1. The molecular weight excluding hydrogens is 393 g/mol. The van der Waals surface area contributed by atoms with Crippen LogP contribution in [-0.4, -0.2) is 48.5 Å². The Bertz CT molecular complexity index is 1360. The van der Waals surface area contributed by atoms with Crippen LogP contribution in [0.25, 0.3) is 0 Å². The summed E-state index contributed by atoms with van der Waals surface area (Å²) >= 11 is 0. The number of likely N-dealkylation sites (tertiary alicyclic amines) is 1. The monoisotopic (exact) mass is 440 g/mol. The highest BCUT2D eigenvalue weighted by Gasteiger charge is 2.27. The molecule has 0 unspecified atom stereocenters. The number of benzene rings is 2. The maximum atomic E-state index is 14.2. The Morgan fingerprint density at radius 1 is 1.23 bits per heavy atom. The first-order valence-electron chi connectivity index (χ1n) is 16.5. The van der Waals surface area contributed by atoms with Crippen molar-refractivity contribution >= 4 is 6.03 Å². The van der Waals surface area contributed by atoms with Gasteiger partial charge in [0.1, 0.15) is 11.6 Å². The van der Waals surface area contributed by atoms with Gasteiger partial charge in [-0.25, -0.2) is 9.18 Å². The fourth-order valence-electron chi connectivity index (χ4n) is 3.03. The molecule has 1 fully saturated rings. The fourth-order valence-corrected chi connectivity index (χ4v) is 3.03. The first-order valence-corrected chi connectivity index (χ1v) is 10.0. The molecule has 0 spiro atoms. The summed E-state index contributed by atoms with van der Waals surface area (Å²) < 4.78 is 124. The number of nitrogens with zero attached hydrogens (tertiary/aromatic N) is 2. The van der Waals surface area contributed by atoms with Crippen LogP contribution in [0.1, 0.15) is 55.6 Å². The second-order valence-electron chi connectivity index (χ2n) is 7.48. The largest absolute Gasteiger partial charge is 0.493 e. The van der Waals surface area contributed by atoms with E-state index >= 15 is 0 Å². The van der Waals surface area contributed by atoms with Gasteiger partial charge in [0.25, 0.3) is 0 Å². The molecule has 1 saturated heterocycles. The van der Waals surface area contributed by atoms with Crippen LogP contribution >= 0.6 is 0 Å². The highest BCUT2D eigenvalue weighted by molar-refractivity contribution is 5.74. The van der Waals surface area contributed by atoms with E-state index in [1.54, 1.807) is 0 Å². The molecule has 5 nitrogen and oxygen atoms in total. The average molecular weight is 441 g/mol. The molecule has 31 heavy (non-hydrogen) atoms. The summed E-state index contributed by atoms with van der Waals surface area (Å²) in [6.45, 7) is -2.47. The molecule has 1 aliphatic rings. The molecule has 168 valence electrons. The third kappa shape index (κ3) is 7.24. The number of halogens is 1. The maximum Gasteiger partial charge on any atom is 0.318 e. The Kier molecular flexibility index (Phi) is 4.07. The third-order valence-corrected chi connectivity index (χ3v) is 4.61. The molecule has 0 atom stereocenters. The smallest absolute Gasteiger partial charge is 0.318 e. The number of urea groups is 1. The molecule has 2 aromatic carbocycles. The lowest BCUT2D eigenvalue weighted by Gasteiger charge is -2.37. The van der Waals surface area contributed by atoms with E-state index in [1.807, 2.05) is 0 Å². The lowest BCUT2D eigenvalue weighted by Crippen LogP contribution is -2.49. The molecule has 1 N–H and O–H groups in total. The van der Waals surface area contributed by atoms with Crippen molar-refractivity contribution in [1.29, 1.82) is 0 Å². The molecule has 3 rings (SSSR count). The number of rotatable bonds is 8. The van der Waals surface area contributed by atoms with Crippen molar-refractivity contribution in [1.82, 2.24) is 15.1 Å². The molecule has 2 aromatic rings. The van der Waals surface area contributed by atoms with Crippen LogP contribution in [-0.2, 0) is 13.1 Å². The number of hydrogen-bond donors (Lipinski definition) is 1. The third-order valence-electron chi connectivity index (χ3n) is 4.61. The zero-order chi connectivity index (χ0) is 33.5. The molecule has 0 aliphatic carbocycles. The number of carbonyl (C=O) groups is 1. The number of hydrogen-bond acceptors (Lipinski definition) is 3. The van der Waals surface area contributed by atoms with Gasteiger partial charge in [0.05, 0.1) is 20.3 Å². The zero-order valence-electron chi connectivity index (χ0n) is 30.5. The van der Waals surface area contributed by atoms with Crippen LogP contribution in [0.15, 0.2) is 48.3 Å². The number of ether oxygens (including phenoxy) is 1. The standard InChI is InChI=1S/C25H34FN3O2/c1-19(2)18-31-24-10-6-20(7-11-24)16-27-25(30)29(23-12-14-28(3)15-13-23)17-21-4-8-22(26)9-5-21/h4-11,19,23H,12-18H2,1-3H3,(H,27,30)/i3D3,4D,5D,6D,7D,8D,9D,10D,11D,18D2. The van der Waals surface area contributed by atoms with E-state index in [0.717, 1.165) is 0 Å². The van der Waals surface area contributed by atoms with Gasteiger partial charge in [0, 0.05) is 23.2 Å². The van der Waals surface area contributed by atoms with Gasteiger partial charge in [-0.15, -0.1) is 0 Å². The van der Waals surface area contributed by atoms with E-state index < -0.39 is 105 Å². The Balaban J connectivity index is 1.94. The quantitative estimate of drug-likeness (QED) is 0.649. The van der Waals surface area contributed by atoms with Gasteiger partial charge in [-0.1, -0.05) is 38.0 Å². The van der Waals surface area contributed by atoms with Crippen LogP contribution in [0.4, 0.5) is 9.18 Å². The van der Waals surface area contributed by atoms with Crippen LogP contribution in [0, 0.1) is 11.7 Å². The van der Waals surface area contributed by atoms with Gasteiger partial charge in [0.15, 0.2) is 0 Å². The zero-order valence-corrected chi connectivity index (χ0v) is 17.5. The number of amides is 2. The van der Waals surface area contributed by atoms with Gasteiger partial charge in [-0.05, 0) is 74.1 Å². The molecule has 0 aromatic heterocycles. The Labute approximate surface area is 203 Å². The Hall–Kier alpha value is -2.60. The maximum absolute atomic E-state index is 14.2. The molecule has 1 heterocycles. The van der Waals surface area contributed by atoms with Gasteiger partial charge >= 0.3 is 6.03 Å². The van der Waals surface area contributed by atoms with Crippen LogP contribution in [0.3, 0.4) is 0 Å². The van der Waals surface area contributed by atoms with Crippen molar-refractivity contribution < 1.29 is 31.7 Å². The number of carbonyl (C=O) groups excluding carboxylic acids is 1. The van der Waals surface area contributed by atoms with Gasteiger partial charge in [-0.3, -0.25) is 0 Å². The fraction of sp³-hybridized carbons (Fsp3) is 0.480. The summed E-state index contributed by atoms with van der Waals surface area (Å²) in [5.74, 6) is -2.60. The van der Waals surface area contributed by atoms with Crippen molar-refractivity contribution in [2.75, 3.05) is 26.6 Å². The molecule has 6 heteroatoms. The Morgan fingerprint density at radius 3 is 2.48 bits per heavy atom. The minimum atomic E-state index is -2.36. The second kappa shape index (κ2) is 11.1. The lowest BCUT2D eigenvalue weighted by atomic mass is 10.0. The summed E-state index contributed by atoms with van der Waals surface area (Å²) in [7, 11) is 0. The van der Waals surface area contributed by atoms with E-state index in [0.29, 0.717) is 0 Å². The van der Waals surface area contributed by atoms with E-state index in [1.165, 1.54) is 23.6 Å². The summed E-state index contributed by atoms with van der Waals surface area (Å²) in [6, 6.07) is -7.11. The van der Waals surface area contributed by atoms with Crippen LogP contribution in [0.5, 0.6) is 5.75 Å². The van der Waals surface area contributed by atoms with Gasteiger partial charge in [0.2, 0.25) is 0 Å².